The molecule has 3 aromatic rings. The lowest BCUT2D eigenvalue weighted by Crippen LogP contribution is -2.30. The number of benzene rings is 3. The number of ether oxygens (including phenoxy) is 2. The maximum Gasteiger partial charge on any atom is 0.333 e. The van der Waals surface area contributed by atoms with Gasteiger partial charge in [0.1, 0.15) is 12.3 Å². The lowest BCUT2D eigenvalue weighted by atomic mass is 10.0. The molecular weight excluding hydrogens is 464 g/mol. The van der Waals surface area contributed by atoms with Crippen LogP contribution in [-0.2, 0) is 17.8 Å². The number of rotatable bonds is 9. The van der Waals surface area contributed by atoms with Crippen LogP contribution in [0.3, 0.4) is 0 Å². The van der Waals surface area contributed by atoms with Crippen molar-refractivity contribution < 1.29 is 19.1 Å². The Kier molecular flexibility index (Phi) is 7.53. The normalized spacial score (nSPS) is 14.2. The number of anilines is 1. The third kappa shape index (κ3) is 5.55. The van der Waals surface area contributed by atoms with Crippen LogP contribution in [0.4, 0.5) is 10.5 Å². The van der Waals surface area contributed by atoms with Gasteiger partial charge in [0, 0.05) is 10.6 Å². The molecule has 1 N–H and O–H groups in total. The fourth-order valence-corrected chi connectivity index (χ4v) is 3.88. The molecule has 4 rings (SSSR count). The first-order valence-electron chi connectivity index (χ1n) is 11.2. The highest BCUT2D eigenvalue weighted by Crippen LogP contribution is 2.35. The predicted molar refractivity (Wildman–Crippen MR) is 138 cm³/mol. The van der Waals surface area contributed by atoms with Gasteiger partial charge in [-0.25, -0.2) is 9.69 Å². The van der Waals surface area contributed by atoms with E-state index >= 15 is 0 Å². The average Bonchev–Trinajstić information content (AvgIpc) is 3.13. The Hall–Kier alpha value is -4.03. The van der Waals surface area contributed by atoms with Crippen molar-refractivity contribution in [1.29, 1.82) is 0 Å². The van der Waals surface area contributed by atoms with Gasteiger partial charge in [0.15, 0.2) is 11.5 Å². The highest BCUT2D eigenvalue weighted by Gasteiger charge is 2.34. The Morgan fingerprint density at radius 2 is 1.77 bits per heavy atom. The molecule has 3 aromatic carbocycles. The topological polar surface area (TPSA) is 67.9 Å². The van der Waals surface area contributed by atoms with Gasteiger partial charge in [-0.15, -0.1) is 6.58 Å². The molecule has 0 saturated carbocycles. The minimum Gasteiger partial charge on any atom is -0.490 e. The third-order valence-corrected chi connectivity index (χ3v) is 5.57. The molecule has 1 aliphatic heterocycles. The average molecular weight is 489 g/mol. The van der Waals surface area contributed by atoms with Gasteiger partial charge in [0.05, 0.1) is 12.3 Å². The molecule has 0 aliphatic carbocycles. The van der Waals surface area contributed by atoms with Crippen LogP contribution in [0.25, 0.3) is 6.08 Å². The number of hydrogen-bond donors (Lipinski definition) is 1. The van der Waals surface area contributed by atoms with Crippen molar-refractivity contribution >= 4 is 35.3 Å². The van der Waals surface area contributed by atoms with E-state index in [0.717, 1.165) is 16.0 Å². The summed E-state index contributed by atoms with van der Waals surface area (Å²) >= 11 is 5.93. The summed E-state index contributed by atoms with van der Waals surface area (Å²) in [4.78, 5) is 26.6. The van der Waals surface area contributed by atoms with E-state index in [4.69, 9.17) is 21.1 Å². The molecule has 35 heavy (non-hydrogen) atoms. The molecule has 178 valence electrons. The highest BCUT2D eigenvalue weighted by atomic mass is 35.5. The minimum absolute atomic E-state index is 0.162. The van der Waals surface area contributed by atoms with Crippen molar-refractivity contribution in [2.45, 2.75) is 20.0 Å². The first-order chi connectivity index (χ1) is 17.0. The summed E-state index contributed by atoms with van der Waals surface area (Å²) in [6, 6.07) is 19.5. The van der Waals surface area contributed by atoms with Crippen molar-refractivity contribution in [2.75, 3.05) is 11.5 Å². The molecule has 1 saturated heterocycles. The van der Waals surface area contributed by atoms with Gasteiger partial charge in [-0.2, -0.15) is 0 Å². The SMILES string of the molecule is C=CCc1cc(/C=C2/NC(=O)N(c3ccc(Cl)cc3)C2=O)cc(OCC)c1OCc1ccccc1. The number of halogens is 1. The number of nitrogens with zero attached hydrogens (tertiary/aromatic N) is 1. The smallest absolute Gasteiger partial charge is 0.333 e. The van der Waals surface area contributed by atoms with E-state index < -0.39 is 11.9 Å². The summed E-state index contributed by atoms with van der Waals surface area (Å²) in [7, 11) is 0. The molecule has 1 aliphatic rings. The van der Waals surface area contributed by atoms with E-state index in [1.54, 1.807) is 42.5 Å². The molecule has 1 fully saturated rings. The van der Waals surface area contributed by atoms with Crippen molar-refractivity contribution in [3.63, 3.8) is 0 Å². The summed E-state index contributed by atoms with van der Waals surface area (Å²) in [5.74, 6) is 0.730. The van der Waals surface area contributed by atoms with Crippen LogP contribution in [-0.4, -0.2) is 18.5 Å². The van der Waals surface area contributed by atoms with Crippen LogP contribution in [0.5, 0.6) is 11.5 Å². The quantitative estimate of drug-likeness (QED) is 0.223. The van der Waals surface area contributed by atoms with Crippen molar-refractivity contribution in [3.8, 4) is 11.5 Å². The lowest BCUT2D eigenvalue weighted by molar-refractivity contribution is -0.113. The van der Waals surface area contributed by atoms with Gasteiger partial charge < -0.3 is 14.8 Å². The largest absolute Gasteiger partial charge is 0.490 e. The first-order valence-corrected chi connectivity index (χ1v) is 11.6. The number of urea groups is 1. The molecule has 0 radical (unpaired) electrons. The van der Waals surface area contributed by atoms with Gasteiger partial charge in [-0.05, 0) is 66.9 Å². The molecule has 6 nitrogen and oxygen atoms in total. The van der Waals surface area contributed by atoms with E-state index in [9.17, 15) is 9.59 Å². The number of nitrogens with one attached hydrogen (secondary N) is 1. The second-order valence-electron chi connectivity index (χ2n) is 7.81. The Bertz CT molecular complexity index is 1270. The second kappa shape index (κ2) is 10.9. The second-order valence-corrected chi connectivity index (χ2v) is 8.25. The maximum absolute atomic E-state index is 13.0. The first kappa shape index (κ1) is 24.1. The zero-order valence-electron chi connectivity index (χ0n) is 19.3. The van der Waals surface area contributed by atoms with Crippen LogP contribution in [0, 0.1) is 0 Å². The molecule has 0 aromatic heterocycles. The van der Waals surface area contributed by atoms with Gasteiger partial charge in [0.2, 0.25) is 0 Å². The van der Waals surface area contributed by atoms with E-state index in [1.165, 1.54) is 0 Å². The minimum atomic E-state index is -0.525. The standard InChI is InChI=1S/C28H25ClN2O4/c1-3-8-21-15-20(17-25(34-4-2)26(21)35-18-19-9-6-5-7-10-19)16-24-27(32)31(28(33)30-24)23-13-11-22(29)12-14-23/h3,5-7,9-17H,1,4,8,18H2,2H3,(H,30,33)/b24-16+. The molecule has 0 unspecified atom stereocenters. The summed E-state index contributed by atoms with van der Waals surface area (Å²) in [6.07, 6.45) is 3.95. The summed E-state index contributed by atoms with van der Waals surface area (Å²) in [5.41, 5.74) is 3.19. The van der Waals surface area contributed by atoms with Gasteiger partial charge in [-0.1, -0.05) is 48.0 Å². The Morgan fingerprint density at radius 3 is 2.46 bits per heavy atom. The van der Waals surface area contributed by atoms with E-state index in [1.807, 2.05) is 43.3 Å². The monoisotopic (exact) mass is 488 g/mol. The van der Waals surface area contributed by atoms with Crippen LogP contribution < -0.4 is 19.7 Å². The van der Waals surface area contributed by atoms with Crippen LogP contribution in [0.2, 0.25) is 5.02 Å². The molecule has 0 spiro atoms. The fourth-order valence-electron chi connectivity index (χ4n) is 3.76. The van der Waals surface area contributed by atoms with E-state index in [2.05, 4.69) is 11.9 Å². The fraction of sp³-hybridized carbons (Fsp3) is 0.143. The molecule has 3 amide bonds. The number of amides is 3. The highest BCUT2D eigenvalue weighted by molar-refractivity contribution is 6.31. The molecule has 0 atom stereocenters. The van der Waals surface area contributed by atoms with Crippen LogP contribution in [0.15, 0.2) is 85.1 Å². The van der Waals surface area contributed by atoms with E-state index in [-0.39, 0.29) is 5.70 Å². The maximum atomic E-state index is 13.0. The summed E-state index contributed by atoms with van der Waals surface area (Å²) in [5, 5.41) is 3.17. The van der Waals surface area contributed by atoms with E-state index in [0.29, 0.717) is 47.4 Å². The van der Waals surface area contributed by atoms with Gasteiger partial charge >= 0.3 is 6.03 Å². The van der Waals surface area contributed by atoms with Gasteiger partial charge in [0.25, 0.3) is 5.91 Å². The van der Waals surface area contributed by atoms with Crippen LogP contribution >= 0.6 is 11.6 Å². The number of hydrogen-bond acceptors (Lipinski definition) is 4. The number of carbonyl (C=O) groups is 2. The van der Waals surface area contributed by atoms with Crippen molar-refractivity contribution in [3.05, 3.63) is 107 Å². The summed E-state index contributed by atoms with van der Waals surface area (Å²) in [6.45, 7) is 6.57. The molecule has 7 heteroatoms. The Balaban J connectivity index is 1.66. The Labute approximate surface area is 209 Å². The third-order valence-electron chi connectivity index (χ3n) is 5.32. The number of imide groups is 1. The van der Waals surface area contributed by atoms with Crippen molar-refractivity contribution in [2.24, 2.45) is 0 Å². The number of carbonyl (C=O) groups excluding carboxylic acids is 2. The molecular formula is C28H25ClN2O4. The molecule has 1 heterocycles. The zero-order valence-corrected chi connectivity index (χ0v) is 20.0. The zero-order chi connectivity index (χ0) is 24.8. The lowest BCUT2D eigenvalue weighted by Gasteiger charge is -2.17. The summed E-state index contributed by atoms with van der Waals surface area (Å²) < 4.78 is 12.0. The van der Waals surface area contributed by atoms with Gasteiger partial charge in [-0.3, -0.25) is 4.79 Å². The van der Waals surface area contributed by atoms with Crippen LogP contribution in [0.1, 0.15) is 23.6 Å². The molecule has 0 bridgehead atoms. The number of allylic oxidation sites excluding steroid dienone is 1. The van der Waals surface area contributed by atoms with Crippen molar-refractivity contribution in [1.82, 2.24) is 5.32 Å². The Morgan fingerprint density at radius 1 is 1.03 bits per heavy atom. The predicted octanol–water partition coefficient (Wildman–Crippen LogP) is 6.14.